The van der Waals surface area contributed by atoms with E-state index in [9.17, 15) is 4.79 Å². The molecule has 0 saturated carbocycles. The first-order valence-electron chi connectivity index (χ1n) is 6.61. The van der Waals surface area contributed by atoms with Crippen molar-refractivity contribution in [2.75, 3.05) is 7.11 Å². The van der Waals surface area contributed by atoms with Gasteiger partial charge in [-0.2, -0.15) is 0 Å². The van der Waals surface area contributed by atoms with Crippen LogP contribution in [0.1, 0.15) is 27.9 Å². The number of allylic oxidation sites excluding steroid dienone is 1. The molecule has 3 nitrogen and oxygen atoms in total. The standard InChI is InChI=1S/C17H15NO2/c1-20-16-4-2-3-15-14(16)6-5-13(17(15)19)11-12-7-9-18-10-8-12/h2-4,7-11H,5-6H2,1H3/b13-11-. The van der Waals surface area contributed by atoms with Crippen molar-refractivity contribution in [1.29, 1.82) is 0 Å². The van der Waals surface area contributed by atoms with Gasteiger partial charge in [0.25, 0.3) is 0 Å². The summed E-state index contributed by atoms with van der Waals surface area (Å²) < 4.78 is 5.33. The third-order valence-corrected chi connectivity index (χ3v) is 3.58. The summed E-state index contributed by atoms with van der Waals surface area (Å²) in [7, 11) is 1.64. The average molecular weight is 265 g/mol. The van der Waals surface area contributed by atoms with Gasteiger partial charge in [-0.25, -0.2) is 0 Å². The molecule has 0 spiro atoms. The second kappa shape index (κ2) is 5.29. The minimum absolute atomic E-state index is 0.0990. The summed E-state index contributed by atoms with van der Waals surface area (Å²) in [5, 5.41) is 0. The molecule has 1 aromatic carbocycles. The number of Topliss-reactive ketones (excluding diaryl/α,β-unsaturated/α-hetero) is 1. The minimum Gasteiger partial charge on any atom is -0.496 e. The Labute approximate surface area is 117 Å². The Morgan fingerprint density at radius 2 is 1.95 bits per heavy atom. The van der Waals surface area contributed by atoms with Crippen molar-refractivity contribution >= 4 is 11.9 Å². The van der Waals surface area contributed by atoms with E-state index in [1.807, 2.05) is 36.4 Å². The number of aromatic nitrogens is 1. The normalized spacial score (nSPS) is 16.1. The van der Waals surface area contributed by atoms with Crippen LogP contribution in [0.25, 0.3) is 6.08 Å². The zero-order chi connectivity index (χ0) is 13.9. The summed E-state index contributed by atoms with van der Waals surface area (Å²) in [6, 6.07) is 9.46. The maximum Gasteiger partial charge on any atom is 0.189 e. The largest absolute Gasteiger partial charge is 0.496 e. The maximum atomic E-state index is 12.5. The first kappa shape index (κ1) is 12.6. The Balaban J connectivity index is 2.00. The van der Waals surface area contributed by atoms with E-state index >= 15 is 0 Å². The second-order valence-corrected chi connectivity index (χ2v) is 4.77. The third kappa shape index (κ3) is 2.23. The van der Waals surface area contributed by atoms with Crippen molar-refractivity contribution in [3.63, 3.8) is 0 Å². The number of carbonyl (C=O) groups excluding carboxylic acids is 1. The number of fused-ring (bicyclic) bond motifs is 1. The molecule has 0 N–H and O–H groups in total. The fourth-order valence-corrected chi connectivity index (χ4v) is 2.57. The number of hydrogen-bond acceptors (Lipinski definition) is 3. The minimum atomic E-state index is 0.0990. The molecule has 3 rings (SSSR count). The quantitative estimate of drug-likeness (QED) is 0.782. The molecule has 1 aliphatic carbocycles. The van der Waals surface area contributed by atoms with Crippen LogP contribution in [-0.4, -0.2) is 17.9 Å². The second-order valence-electron chi connectivity index (χ2n) is 4.77. The van der Waals surface area contributed by atoms with Crippen molar-refractivity contribution < 1.29 is 9.53 Å². The number of ketones is 1. The molecule has 100 valence electrons. The molecular formula is C17H15NO2. The first-order chi connectivity index (χ1) is 9.79. The van der Waals surface area contributed by atoms with Gasteiger partial charge in [0, 0.05) is 29.1 Å². The van der Waals surface area contributed by atoms with Crippen LogP contribution in [0.15, 0.2) is 48.3 Å². The molecule has 20 heavy (non-hydrogen) atoms. The lowest BCUT2D eigenvalue weighted by molar-refractivity contribution is 0.102. The van der Waals surface area contributed by atoms with Crippen LogP contribution < -0.4 is 4.74 Å². The van der Waals surface area contributed by atoms with Gasteiger partial charge in [0.1, 0.15) is 5.75 Å². The molecule has 2 aromatic rings. The fraction of sp³-hybridized carbons (Fsp3) is 0.176. The van der Waals surface area contributed by atoms with Gasteiger partial charge in [0.2, 0.25) is 0 Å². The molecule has 1 heterocycles. The van der Waals surface area contributed by atoms with Crippen molar-refractivity contribution in [3.05, 3.63) is 65.0 Å². The lowest BCUT2D eigenvalue weighted by Crippen LogP contribution is -2.15. The summed E-state index contributed by atoms with van der Waals surface area (Å²) in [6.45, 7) is 0. The highest BCUT2D eigenvalue weighted by molar-refractivity contribution is 6.13. The van der Waals surface area contributed by atoms with Crippen molar-refractivity contribution in [3.8, 4) is 5.75 Å². The Hall–Kier alpha value is -2.42. The summed E-state index contributed by atoms with van der Waals surface area (Å²) in [5.41, 5.74) is 3.63. The van der Waals surface area contributed by atoms with Gasteiger partial charge in [-0.15, -0.1) is 0 Å². The molecule has 0 radical (unpaired) electrons. The Kier molecular flexibility index (Phi) is 3.33. The van der Waals surface area contributed by atoms with E-state index in [0.29, 0.717) is 0 Å². The number of pyridine rings is 1. The van der Waals surface area contributed by atoms with E-state index in [4.69, 9.17) is 4.74 Å². The van der Waals surface area contributed by atoms with Crippen LogP contribution in [0.3, 0.4) is 0 Å². The Bertz CT molecular complexity index is 675. The number of rotatable bonds is 2. The zero-order valence-corrected chi connectivity index (χ0v) is 11.3. The van der Waals surface area contributed by atoms with Gasteiger partial charge in [-0.05, 0) is 42.7 Å². The molecule has 3 heteroatoms. The highest BCUT2D eigenvalue weighted by atomic mass is 16.5. The van der Waals surface area contributed by atoms with Crippen LogP contribution >= 0.6 is 0 Å². The number of benzene rings is 1. The first-order valence-corrected chi connectivity index (χ1v) is 6.61. The Morgan fingerprint density at radius 1 is 1.15 bits per heavy atom. The van der Waals surface area contributed by atoms with Crippen LogP contribution in [0.5, 0.6) is 5.75 Å². The van der Waals surface area contributed by atoms with Gasteiger partial charge in [-0.1, -0.05) is 12.1 Å². The molecule has 0 unspecified atom stereocenters. The maximum absolute atomic E-state index is 12.5. The van der Waals surface area contributed by atoms with E-state index in [1.165, 1.54) is 0 Å². The lowest BCUT2D eigenvalue weighted by Gasteiger charge is -2.19. The van der Waals surface area contributed by atoms with Crippen molar-refractivity contribution in [1.82, 2.24) is 4.98 Å². The van der Waals surface area contributed by atoms with Gasteiger partial charge in [0.15, 0.2) is 5.78 Å². The lowest BCUT2D eigenvalue weighted by atomic mass is 9.85. The van der Waals surface area contributed by atoms with E-state index in [2.05, 4.69) is 4.98 Å². The number of ether oxygens (including phenoxy) is 1. The SMILES string of the molecule is COc1cccc2c1CC/C(=C/c1ccncc1)C2=O. The molecule has 0 fully saturated rings. The van der Waals surface area contributed by atoms with Gasteiger partial charge in [-0.3, -0.25) is 9.78 Å². The molecule has 0 aliphatic heterocycles. The molecule has 1 aromatic heterocycles. The summed E-state index contributed by atoms with van der Waals surface area (Å²) in [5.74, 6) is 0.903. The average Bonchev–Trinajstić information content (AvgIpc) is 2.51. The summed E-state index contributed by atoms with van der Waals surface area (Å²) in [4.78, 5) is 16.5. The topological polar surface area (TPSA) is 39.2 Å². The molecule has 0 saturated heterocycles. The number of carbonyl (C=O) groups is 1. The molecule has 0 amide bonds. The van der Waals surface area contributed by atoms with Gasteiger partial charge >= 0.3 is 0 Å². The number of nitrogens with zero attached hydrogens (tertiary/aromatic N) is 1. The van der Waals surface area contributed by atoms with E-state index < -0.39 is 0 Å². The predicted octanol–water partition coefficient (Wildman–Crippen LogP) is 3.30. The van der Waals surface area contributed by atoms with Crippen LogP contribution in [0, 0.1) is 0 Å². The van der Waals surface area contributed by atoms with Crippen LogP contribution in [0.2, 0.25) is 0 Å². The fourth-order valence-electron chi connectivity index (χ4n) is 2.57. The summed E-state index contributed by atoms with van der Waals surface area (Å²) >= 11 is 0. The zero-order valence-electron chi connectivity index (χ0n) is 11.3. The van der Waals surface area contributed by atoms with E-state index in [0.717, 1.165) is 40.9 Å². The van der Waals surface area contributed by atoms with Gasteiger partial charge in [0.05, 0.1) is 7.11 Å². The molecule has 0 bridgehead atoms. The van der Waals surface area contributed by atoms with Crippen molar-refractivity contribution in [2.45, 2.75) is 12.8 Å². The molecule has 1 aliphatic rings. The predicted molar refractivity (Wildman–Crippen MR) is 77.9 cm³/mol. The third-order valence-electron chi connectivity index (χ3n) is 3.58. The molecule has 0 atom stereocenters. The Morgan fingerprint density at radius 3 is 2.70 bits per heavy atom. The monoisotopic (exact) mass is 265 g/mol. The van der Waals surface area contributed by atoms with Gasteiger partial charge < -0.3 is 4.74 Å². The highest BCUT2D eigenvalue weighted by Gasteiger charge is 2.24. The number of hydrogen-bond donors (Lipinski definition) is 0. The number of methoxy groups -OCH3 is 1. The van der Waals surface area contributed by atoms with Crippen LogP contribution in [0.4, 0.5) is 0 Å². The summed E-state index contributed by atoms with van der Waals surface area (Å²) in [6.07, 6.45) is 7.00. The highest BCUT2D eigenvalue weighted by Crippen LogP contribution is 2.32. The van der Waals surface area contributed by atoms with Crippen molar-refractivity contribution in [2.24, 2.45) is 0 Å². The van der Waals surface area contributed by atoms with Crippen LogP contribution in [-0.2, 0) is 6.42 Å². The van der Waals surface area contributed by atoms with E-state index in [1.54, 1.807) is 19.5 Å². The smallest absolute Gasteiger partial charge is 0.189 e. The van der Waals surface area contributed by atoms with E-state index in [-0.39, 0.29) is 5.78 Å². The molecular weight excluding hydrogens is 250 g/mol.